The Bertz CT molecular complexity index is 1180. The third-order valence-corrected chi connectivity index (χ3v) is 5.25. The van der Waals surface area contributed by atoms with Gasteiger partial charge in [-0.1, -0.05) is 36.8 Å². The van der Waals surface area contributed by atoms with E-state index >= 15 is 0 Å². The molecule has 1 aromatic heterocycles. The number of aryl methyl sites for hydroxylation is 1. The lowest BCUT2D eigenvalue weighted by atomic mass is 10.2. The van der Waals surface area contributed by atoms with Crippen LogP contribution in [0.15, 0.2) is 62.6 Å². The first-order valence-electron chi connectivity index (χ1n) is 8.68. The van der Waals surface area contributed by atoms with Gasteiger partial charge in [0.25, 0.3) is 0 Å². The molecular formula is C20H19NO6S. The molecule has 0 spiro atoms. The molecule has 1 amide bonds. The first-order chi connectivity index (χ1) is 13.3. The van der Waals surface area contributed by atoms with Gasteiger partial charge >= 0.3 is 15.7 Å². The average Bonchev–Trinajstić information content (AvgIpc) is 2.65. The minimum absolute atomic E-state index is 0.0683. The molecule has 0 aliphatic rings. The second-order valence-corrected chi connectivity index (χ2v) is 7.78. The summed E-state index contributed by atoms with van der Waals surface area (Å²) in [6.45, 7) is 3.64. The van der Waals surface area contributed by atoms with Crippen molar-refractivity contribution in [1.29, 1.82) is 0 Å². The van der Waals surface area contributed by atoms with Crippen molar-refractivity contribution in [3.05, 3.63) is 64.5 Å². The fourth-order valence-electron chi connectivity index (χ4n) is 2.61. The van der Waals surface area contributed by atoms with Gasteiger partial charge < -0.3 is 13.9 Å². The van der Waals surface area contributed by atoms with Crippen LogP contribution in [0.5, 0.6) is 5.75 Å². The van der Waals surface area contributed by atoms with Crippen LogP contribution in [0, 0.1) is 6.92 Å². The number of hydrogen-bond donors (Lipinski definition) is 1. The molecule has 0 aliphatic heterocycles. The van der Waals surface area contributed by atoms with Gasteiger partial charge in [0.15, 0.2) is 11.4 Å². The molecule has 0 radical (unpaired) electrons. The third-order valence-electron chi connectivity index (χ3n) is 4.01. The highest BCUT2D eigenvalue weighted by atomic mass is 32.2. The average molecular weight is 401 g/mol. The minimum Gasteiger partial charge on any atom is -0.421 e. The first kappa shape index (κ1) is 19.6. The summed E-state index contributed by atoms with van der Waals surface area (Å²) in [5.41, 5.74) is -0.197. The molecule has 0 atom stereocenters. The summed E-state index contributed by atoms with van der Waals surface area (Å²) in [4.78, 5) is 24.4. The number of hydrogen-bond acceptors (Lipinski definition) is 6. The Morgan fingerprint density at radius 1 is 1.11 bits per heavy atom. The summed E-state index contributed by atoms with van der Waals surface area (Å²) < 4.78 is 36.1. The molecule has 1 N–H and O–H groups in total. The highest BCUT2D eigenvalue weighted by Crippen LogP contribution is 2.33. The van der Waals surface area contributed by atoms with Crippen molar-refractivity contribution in [3.8, 4) is 5.75 Å². The quantitative estimate of drug-likeness (QED) is 0.500. The highest BCUT2D eigenvalue weighted by Gasteiger charge is 2.24. The van der Waals surface area contributed by atoms with Gasteiger partial charge in [0.2, 0.25) is 5.91 Å². The first-order valence-corrected chi connectivity index (χ1v) is 10.1. The van der Waals surface area contributed by atoms with Gasteiger partial charge in [-0.05, 0) is 37.6 Å². The van der Waals surface area contributed by atoms with Crippen molar-refractivity contribution in [2.45, 2.75) is 31.6 Å². The Morgan fingerprint density at radius 2 is 1.79 bits per heavy atom. The van der Waals surface area contributed by atoms with Crippen LogP contribution in [0.2, 0.25) is 0 Å². The van der Waals surface area contributed by atoms with Gasteiger partial charge in [0, 0.05) is 6.42 Å². The third kappa shape index (κ3) is 4.07. The van der Waals surface area contributed by atoms with Crippen LogP contribution in [0.1, 0.15) is 25.3 Å². The van der Waals surface area contributed by atoms with Gasteiger partial charge in [-0.15, -0.1) is 0 Å². The summed E-state index contributed by atoms with van der Waals surface area (Å²) in [5, 5.41) is 2.67. The van der Waals surface area contributed by atoms with Crippen LogP contribution in [-0.4, -0.2) is 14.3 Å². The Kier molecular flexibility index (Phi) is 5.51. The van der Waals surface area contributed by atoms with Crippen LogP contribution in [0.25, 0.3) is 11.0 Å². The van der Waals surface area contributed by atoms with Crippen LogP contribution >= 0.6 is 0 Å². The maximum atomic E-state index is 12.8. The molecule has 0 fully saturated rings. The van der Waals surface area contributed by atoms with E-state index in [9.17, 15) is 18.0 Å². The predicted molar refractivity (Wildman–Crippen MR) is 105 cm³/mol. The van der Waals surface area contributed by atoms with E-state index in [4.69, 9.17) is 8.60 Å². The van der Waals surface area contributed by atoms with Crippen LogP contribution in [0.3, 0.4) is 0 Å². The molecule has 0 saturated heterocycles. The second-order valence-electron chi connectivity index (χ2n) is 6.24. The number of carbonyl (C=O) groups excluding carboxylic acids is 1. The van der Waals surface area contributed by atoms with Gasteiger partial charge in [-0.3, -0.25) is 4.79 Å². The lowest BCUT2D eigenvalue weighted by molar-refractivity contribution is -0.116. The lowest BCUT2D eigenvalue weighted by Gasteiger charge is -2.13. The largest absolute Gasteiger partial charge is 0.421 e. The number of nitrogens with one attached hydrogen (secondary N) is 1. The topological polar surface area (TPSA) is 103 Å². The summed E-state index contributed by atoms with van der Waals surface area (Å²) in [5.74, 6) is -0.709. The zero-order chi connectivity index (χ0) is 20.3. The van der Waals surface area contributed by atoms with Gasteiger partial charge in [-0.25, -0.2) is 4.79 Å². The number of amides is 1. The Labute approximate surface area is 162 Å². The van der Waals surface area contributed by atoms with Gasteiger partial charge in [0.1, 0.15) is 10.5 Å². The van der Waals surface area contributed by atoms with Gasteiger partial charge in [-0.2, -0.15) is 8.42 Å². The standard InChI is InChI=1S/C20H19NO6S/c1-3-6-17(22)21-18-19(15-7-4-5-8-16(15)26-20(18)23)27-28(24,25)14-11-9-13(2)10-12-14/h4-5,7-12H,3,6H2,1-2H3,(H,21,22). The molecule has 3 rings (SSSR count). The van der Waals surface area contributed by atoms with Gasteiger partial charge in [0.05, 0.1) is 5.39 Å². The van der Waals surface area contributed by atoms with Crippen molar-refractivity contribution >= 4 is 32.7 Å². The second kappa shape index (κ2) is 7.85. The Balaban J connectivity index is 2.15. The molecule has 146 valence electrons. The van der Waals surface area contributed by atoms with E-state index in [1.54, 1.807) is 30.3 Å². The molecule has 7 nitrogen and oxygen atoms in total. The van der Waals surface area contributed by atoms with E-state index in [0.717, 1.165) is 5.56 Å². The molecule has 0 saturated carbocycles. The Hall–Kier alpha value is -3.13. The molecule has 0 aliphatic carbocycles. The zero-order valence-corrected chi connectivity index (χ0v) is 16.2. The van der Waals surface area contributed by atoms with E-state index in [2.05, 4.69) is 5.32 Å². The fourth-order valence-corrected chi connectivity index (χ4v) is 3.57. The molecule has 0 bridgehead atoms. The molecule has 2 aromatic carbocycles. The Morgan fingerprint density at radius 3 is 2.46 bits per heavy atom. The van der Waals surface area contributed by atoms with E-state index in [0.29, 0.717) is 6.42 Å². The van der Waals surface area contributed by atoms with E-state index in [1.807, 2.05) is 13.8 Å². The minimum atomic E-state index is -4.24. The molecule has 3 aromatic rings. The van der Waals surface area contributed by atoms with Crippen LogP contribution < -0.4 is 15.1 Å². The summed E-state index contributed by atoms with van der Waals surface area (Å²) in [6, 6.07) is 12.4. The lowest BCUT2D eigenvalue weighted by Crippen LogP contribution is -2.20. The molecule has 28 heavy (non-hydrogen) atoms. The van der Waals surface area contributed by atoms with E-state index in [-0.39, 0.29) is 33.7 Å². The monoisotopic (exact) mass is 401 g/mol. The van der Waals surface area contributed by atoms with Crippen LogP contribution in [-0.2, 0) is 14.9 Å². The van der Waals surface area contributed by atoms with Crippen LogP contribution in [0.4, 0.5) is 5.69 Å². The van der Waals surface area contributed by atoms with Crippen molar-refractivity contribution in [3.63, 3.8) is 0 Å². The molecular weight excluding hydrogens is 382 g/mol. The van der Waals surface area contributed by atoms with E-state index < -0.39 is 21.7 Å². The normalized spacial score (nSPS) is 11.4. The fraction of sp³-hybridized carbons (Fsp3) is 0.200. The number of rotatable bonds is 6. The molecule has 0 unspecified atom stereocenters. The number of anilines is 1. The highest BCUT2D eigenvalue weighted by molar-refractivity contribution is 7.87. The summed E-state index contributed by atoms with van der Waals surface area (Å²) in [7, 11) is -4.24. The summed E-state index contributed by atoms with van der Waals surface area (Å²) in [6.07, 6.45) is 0.721. The number of para-hydroxylation sites is 1. The number of benzene rings is 2. The number of fused-ring (bicyclic) bond motifs is 1. The molecule has 1 heterocycles. The smallest absolute Gasteiger partial charge is 0.364 e. The van der Waals surface area contributed by atoms with Crippen molar-refractivity contribution in [2.75, 3.05) is 5.32 Å². The maximum Gasteiger partial charge on any atom is 0.364 e. The number of carbonyl (C=O) groups is 1. The van der Waals surface area contributed by atoms with Crippen molar-refractivity contribution in [1.82, 2.24) is 0 Å². The molecule has 8 heteroatoms. The zero-order valence-electron chi connectivity index (χ0n) is 15.4. The predicted octanol–water partition coefficient (Wildman–Crippen LogP) is 3.61. The van der Waals surface area contributed by atoms with Crippen molar-refractivity contribution in [2.24, 2.45) is 0 Å². The van der Waals surface area contributed by atoms with E-state index in [1.165, 1.54) is 18.2 Å². The summed E-state index contributed by atoms with van der Waals surface area (Å²) >= 11 is 0. The SMILES string of the molecule is CCCC(=O)Nc1c(OS(=O)(=O)c2ccc(C)cc2)c2ccccc2oc1=O. The maximum absolute atomic E-state index is 12.8. The van der Waals surface area contributed by atoms with Crippen molar-refractivity contribution < 1.29 is 21.8 Å².